The lowest BCUT2D eigenvalue weighted by atomic mass is 10.0. The molecular formula is C21H26N6O2. The molecule has 1 fully saturated rings. The van der Waals surface area contributed by atoms with Gasteiger partial charge in [-0.05, 0) is 31.4 Å². The molecule has 4 rings (SSSR count). The van der Waals surface area contributed by atoms with Crippen molar-refractivity contribution in [2.75, 3.05) is 26.2 Å². The zero-order chi connectivity index (χ0) is 20.4. The first-order chi connectivity index (χ1) is 14.1. The van der Waals surface area contributed by atoms with Gasteiger partial charge in [-0.25, -0.2) is 14.6 Å². The van der Waals surface area contributed by atoms with E-state index in [-0.39, 0.29) is 18.4 Å². The van der Waals surface area contributed by atoms with Crippen molar-refractivity contribution in [3.8, 4) is 5.75 Å². The number of carbonyl (C=O) groups is 1. The Balaban J connectivity index is 1.45. The molecule has 8 heteroatoms. The van der Waals surface area contributed by atoms with Crippen LogP contribution in [0.1, 0.15) is 29.2 Å². The van der Waals surface area contributed by atoms with Gasteiger partial charge >= 0.3 is 0 Å². The van der Waals surface area contributed by atoms with E-state index in [0.717, 1.165) is 40.2 Å². The maximum Gasteiger partial charge on any atom is 0.260 e. The van der Waals surface area contributed by atoms with Crippen LogP contribution >= 0.6 is 0 Å². The molecule has 0 radical (unpaired) electrons. The number of hydrogen-bond donors (Lipinski definition) is 1. The molecule has 0 bridgehead atoms. The quantitative estimate of drug-likeness (QED) is 0.684. The highest BCUT2D eigenvalue weighted by atomic mass is 16.5. The number of nitrogens with zero attached hydrogens (tertiary/aromatic N) is 5. The predicted molar refractivity (Wildman–Crippen MR) is 110 cm³/mol. The summed E-state index contributed by atoms with van der Waals surface area (Å²) in [5.74, 6) is 0.919. The number of fused-ring (bicyclic) bond motifs is 1. The molecule has 2 aromatic heterocycles. The number of aromatic nitrogens is 4. The summed E-state index contributed by atoms with van der Waals surface area (Å²) in [7, 11) is 0. The summed E-state index contributed by atoms with van der Waals surface area (Å²) in [6.07, 6.45) is 4.19. The molecule has 3 aromatic rings. The Labute approximate surface area is 169 Å². The van der Waals surface area contributed by atoms with Crippen LogP contribution in [0.25, 0.3) is 11.2 Å². The highest BCUT2D eigenvalue weighted by Gasteiger charge is 2.31. The fourth-order valence-electron chi connectivity index (χ4n) is 3.94. The maximum absolute atomic E-state index is 12.7. The molecule has 1 atom stereocenters. The lowest BCUT2D eigenvalue weighted by Gasteiger charge is -2.18. The average Bonchev–Trinajstić information content (AvgIpc) is 3.33. The lowest BCUT2D eigenvalue weighted by molar-refractivity contribution is -0.132. The first kappa shape index (κ1) is 19.3. The summed E-state index contributed by atoms with van der Waals surface area (Å²) in [5, 5.41) is 4.71. The third kappa shape index (κ3) is 3.80. The van der Waals surface area contributed by atoms with Gasteiger partial charge in [-0.1, -0.05) is 18.2 Å². The molecule has 1 aromatic carbocycles. The monoisotopic (exact) mass is 394 g/mol. The van der Waals surface area contributed by atoms with Crippen LogP contribution in [0.15, 0.2) is 30.6 Å². The number of carbonyl (C=O) groups excluding carboxylic acids is 1. The van der Waals surface area contributed by atoms with Crippen LogP contribution in [0.3, 0.4) is 0 Å². The van der Waals surface area contributed by atoms with Gasteiger partial charge in [0, 0.05) is 37.9 Å². The van der Waals surface area contributed by atoms with Crippen LogP contribution < -0.4 is 10.5 Å². The topological polar surface area (TPSA) is 99.2 Å². The normalized spacial score (nSPS) is 16.5. The molecule has 8 nitrogen and oxygen atoms in total. The van der Waals surface area contributed by atoms with Crippen molar-refractivity contribution in [3.05, 3.63) is 47.4 Å². The molecule has 2 N–H and O–H groups in total. The number of rotatable bonds is 6. The van der Waals surface area contributed by atoms with Crippen molar-refractivity contribution in [1.82, 2.24) is 24.6 Å². The van der Waals surface area contributed by atoms with Gasteiger partial charge in [0.25, 0.3) is 5.91 Å². The number of hydrogen-bond acceptors (Lipinski definition) is 6. The van der Waals surface area contributed by atoms with E-state index < -0.39 is 0 Å². The summed E-state index contributed by atoms with van der Waals surface area (Å²) in [6, 6.07) is 5.96. The van der Waals surface area contributed by atoms with E-state index >= 15 is 0 Å². The number of amides is 1. The van der Waals surface area contributed by atoms with Crippen molar-refractivity contribution >= 4 is 17.1 Å². The minimum Gasteiger partial charge on any atom is -0.483 e. The zero-order valence-corrected chi connectivity index (χ0v) is 16.8. The molecule has 1 aliphatic heterocycles. The van der Waals surface area contributed by atoms with Crippen molar-refractivity contribution in [1.29, 1.82) is 0 Å². The van der Waals surface area contributed by atoms with Crippen molar-refractivity contribution in [3.63, 3.8) is 0 Å². The Hall–Kier alpha value is -3.00. The largest absolute Gasteiger partial charge is 0.483 e. The molecule has 1 amide bonds. The van der Waals surface area contributed by atoms with Gasteiger partial charge in [0.2, 0.25) is 0 Å². The van der Waals surface area contributed by atoms with Gasteiger partial charge in [-0.15, -0.1) is 0 Å². The van der Waals surface area contributed by atoms with Gasteiger partial charge in [0.05, 0.1) is 12.2 Å². The Morgan fingerprint density at radius 1 is 1.24 bits per heavy atom. The first-order valence-electron chi connectivity index (χ1n) is 9.92. The van der Waals surface area contributed by atoms with Crippen LogP contribution in [-0.4, -0.2) is 56.8 Å². The number of likely N-dealkylation sites (tertiary alicyclic amines) is 1. The molecule has 29 heavy (non-hydrogen) atoms. The molecule has 3 heterocycles. The van der Waals surface area contributed by atoms with Gasteiger partial charge in [0.15, 0.2) is 12.3 Å². The summed E-state index contributed by atoms with van der Waals surface area (Å²) < 4.78 is 7.65. The second-order valence-electron chi connectivity index (χ2n) is 7.46. The molecule has 1 unspecified atom stereocenters. The minimum absolute atomic E-state index is 0.00747. The van der Waals surface area contributed by atoms with E-state index in [1.54, 1.807) is 12.4 Å². The number of ether oxygens (including phenoxy) is 1. The van der Waals surface area contributed by atoms with Crippen LogP contribution in [-0.2, 0) is 11.3 Å². The third-order valence-electron chi connectivity index (χ3n) is 5.41. The fraction of sp³-hybridized carbons (Fsp3) is 0.429. The van der Waals surface area contributed by atoms with Gasteiger partial charge < -0.3 is 15.4 Å². The number of benzene rings is 1. The Bertz CT molecular complexity index is 1010. The second-order valence-corrected chi connectivity index (χ2v) is 7.46. The number of aryl methyl sites for hydroxylation is 2. The summed E-state index contributed by atoms with van der Waals surface area (Å²) in [4.78, 5) is 23.5. The molecule has 1 aliphatic rings. The van der Waals surface area contributed by atoms with E-state index in [9.17, 15) is 4.79 Å². The predicted octanol–water partition coefficient (Wildman–Crippen LogP) is 1.80. The first-order valence-corrected chi connectivity index (χ1v) is 9.92. The Morgan fingerprint density at radius 3 is 2.76 bits per heavy atom. The summed E-state index contributed by atoms with van der Waals surface area (Å²) in [6.45, 7) is 6.39. The van der Waals surface area contributed by atoms with Crippen molar-refractivity contribution < 1.29 is 9.53 Å². The van der Waals surface area contributed by atoms with E-state index in [0.29, 0.717) is 26.2 Å². The SMILES string of the molecule is Cc1cccc(C)c1OCC(=O)N1CCC(c2nn(CCN)c3nccnc23)C1. The summed E-state index contributed by atoms with van der Waals surface area (Å²) in [5.41, 5.74) is 10.2. The average molecular weight is 394 g/mol. The standard InChI is InChI=1S/C21H26N6O2/c1-14-4-3-5-15(2)20(14)29-13-17(28)26-10-6-16(12-26)18-19-21(24-9-8-23-19)27(25-18)11-7-22/h3-5,8-9,16H,6-7,10-13,22H2,1-2H3. The lowest BCUT2D eigenvalue weighted by Crippen LogP contribution is -2.33. The third-order valence-corrected chi connectivity index (χ3v) is 5.41. The minimum atomic E-state index is -0.00747. The number of para-hydroxylation sites is 1. The molecule has 1 saturated heterocycles. The van der Waals surface area contributed by atoms with E-state index in [1.807, 2.05) is 41.6 Å². The molecule has 152 valence electrons. The van der Waals surface area contributed by atoms with Gasteiger partial charge in [0.1, 0.15) is 11.3 Å². The van der Waals surface area contributed by atoms with E-state index in [4.69, 9.17) is 15.6 Å². The summed E-state index contributed by atoms with van der Waals surface area (Å²) >= 11 is 0. The van der Waals surface area contributed by atoms with Crippen molar-refractivity contribution in [2.24, 2.45) is 5.73 Å². The van der Waals surface area contributed by atoms with E-state index in [1.165, 1.54) is 0 Å². The fourth-order valence-corrected chi connectivity index (χ4v) is 3.94. The highest BCUT2D eigenvalue weighted by Crippen LogP contribution is 2.30. The van der Waals surface area contributed by atoms with Crippen LogP contribution in [0, 0.1) is 13.8 Å². The zero-order valence-electron chi connectivity index (χ0n) is 16.8. The smallest absolute Gasteiger partial charge is 0.260 e. The number of nitrogens with two attached hydrogens (primary N) is 1. The molecular weight excluding hydrogens is 368 g/mol. The van der Waals surface area contributed by atoms with Gasteiger partial charge in [-0.2, -0.15) is 5.10 Å². The highest BCUT2D eigenvalue weighted by molar-refractivity contribution is 5.79. The molecule has 0 saturated carbocycles. The van der Waals surface area contributed by atoms with Crippen molar-refractivity contribution in [2.45, 2.75) is 32.7 Å². The maximum atomic E-state index is 12.7. The Kier molecular flexibility index (Phi) is 5.44. The van der Waals surface area contributed by atoms with Crippen LogP contribution in [0.5, 0.6) is 5.75 Å². The van der Waals surface area contributed by atoms with Crippen LogP contribution in [0.2, 0.25) is 0 Å². The van der Waals surface area contributed by atoms with Gasteiger partial charge in [-0.3, -0.25) is 4.79 Å². The van der Waals surface area contributed by atoms with E-state index in [2.05, 4.69) is 9.97 Å². The Morgan fingerprint density at radius 2 is 2.00 bits per heavy atom. The molecule has 0 aliphatic carbocycles. The molecule has 0 spiro atoms. The van der Waals surface area contributed by atoms with Crippen LogP contribution in [0.4, 0.5) is 0 Å². The second kappa shape index (κ2) is 8.16.